The molecule has 0 aliphatic rings. The highest BCUT2D eigenvalue weighted by molar-refractivity contribution is 5.90. The molecule has 1 aromatic carbocycles. The zero-order chi connectivity index (χ0) is 15.4. The molecule has 4 nitrogen and oxygen atoms in total. The monoisotopic (exact) mass is 285 g/mol. The van der Waals surface area contributed by atoms with Crippen LogP contribution in [-0.4, -0.2) is 15.6 Å². The molecule has 0 bridgehead atoms. The number of nitrogens with zero attached hydrogens (tertiary/aromatic N) is 1. The van der Waals surface area contributed by atoms with Crippen molar-refractivity contribution in [3.8, 4) is 0 Å². The number of aryl methyl sites for hydroxylation is 2. The lowest BCUT2D eigenvalue weighted by Gasteiger charge is -2.14. The summed E-state index contributed by atoms with van der Waals surface area (Å²) < 4.78 is 1.55. The van der Waals surface area contributed by atoms with Crippen LogP contribution in [0.2, 0.25) is 0 Å². The summed E-state index contributed by atoms with van der Waals surface area (Å²) in [6, 6.07) is 11.4. The lowest BCUT2D eigenvalue weighted by Crippen LogP contribution is -2.25. The number of hydrogen-bond acceptors (Lipinski definition) is 2. The topological polar surface area (TPSA) is 59.3 Å². The maximum Gasteiger partial charge on any atom is 0.337 e. The quantitative estimate of drug-likeness (QED) is 0.919. The fourth-order valence-corrected chi connectivity index (χ4v) is 2.61. The average molecular weight is 285 g/mol. The molecule has 0 saturated heterocycles. The van der Waals surface area contributed by atoms with Crippen LogP contribution in [0.1, 0.15) is 33.6 Å². The molecule has 0 aliphatic carbocycles. The van der Waals surface area contributed by atoms with Gasteiger partial charge in [0.05, 0.1) is 5.56 Å². The minimum atomic E-state index is -0.984. The molecule has 1 heterocycles. The van der Waals surface area contributed by atoms with Gasteiger partial charge in [-0.25, -0.2) is 4.79 Å². The van der Waals surface area contributed by atoms with Gasteiger partial charge in [-0.3, -0.25) is 4.79 Å². The van der Waals surface area contributed by atoms with E-state index in [4.69, 9.17) is 0 Å². The van der Waals surface area contributed by atoms with Gasteiger partial charge in [-0.05, 0) is 37.8 Å². The van der Waals surface area contributed by atoms with Gasteiger partial charge in [0.1, 0.15) is 0 Å². The Bertz CT molecular complexity index is 702. The van der Waals surface area contributed by atoms with E-state index in [0.717, 1.165) is 12.8 Å². The Morgan fingerprint density at radius 2 is 1.86 bits per heavy atom. The molecule has 4 heteroatoms. The Hall–Kier alpha value is -2.36. The first-order valence-electron chi connectivity index (χ1n) is 6.99. The van der Waals surface area contributed by atoms with Gasteiger partial charge in [-0.15, -0.1) is 0 Å². The zero-order valence-electron chi connectivity index (χ0n) is 12.3. The first-order chi connectivity index (χ1) is 10.0. The van der Waals surface area contributed by atoms with E-state index in [9.17, 15) is 14.7 Å². The first-order valence-corrected chi connectivity index (χ1v) is 6.99. The van der Waals surface area contributed by atoms with Crippen LogP contribution in [0.3, 0.4) is 0 Å². The third-order valence-electron chi connectivity index (χ3n) is 3.67. The predicted octanol–water partition coefficient (Wildman–Crippen LogP) is 2.80. The highest BCUT2D eigenvalue weighted by atomic mass is 16.4. The number of carboxylic acids is 1. The molecule has 110 valence electrons. The second-order valence-corrected chi connectivity index (χ2v) is 5.17. The van der Waals surface area contributed by atoms with Crippen molar-refractivity contribution in [2.24, 2.45) is 0 Å². The molecule has 0 spiro atoms. The lowest BCUT2D eigenvalue weighted by molar-refractivity contribution is 0.0694. The molecule has 0 saturated carbocycles. The first kappa shape index (κ1) is 15.0. The fourth-order valence-electron chi connectivity index (χ4n) is 2.61. The molecule has 0 unspecified atom stereocenters. The van der Waals surface area contributed by atoms with Crippen LogP contribution < -0.4 is 5.56 Å². The molecule has 0 atom stereocenters. The molecule has 1 aromatic heterocycles. The summed E-state index contributed by atoms with van der Waals surface area (Å²) in [5.74, 6) is -0.984. The Labute approximate surface area is 123 Å². The van der Waals surface area contributed by atoms with Crippen LogP contribution in [0.4, 0.5) is 0 Å². The lowest BCUT2D eigenvalue weighted by atomic mass is 10.1. The largest absolute Gasteiger partial charge is 0.478 e. The second kappa shape index (κ2) is 6.39. The summed E-state index contributed by atoms with van der Waals surface area (Å²) in [6.07, 6.45) is 1.66. The molecular formula is C17H19NO3. The van der Waals surface area contributed by atoms with Gasteiger partial charge in [0.25, 0.3) is 5.56 Å². The van der Waals surface area contributed by atoms with Gasteiger partial charge in [0.15, 0.2) is 0 Å². The van der Waals surface area contributed by atoms with Crippen molar-refractivity contribution in [3.05, 3.63) is 69.1 Å². The molecule has 0 amide bonds. The SMILES string of the molecule is Cc1cc(=O)n(CCCc2ccccc2)c(C)c1C(=O)O. The Kier molecular flexibility index (Phi) is 4.58. The van der Waals surface area contributed by atoms with Gasteiger partial charge < -0.3 is 9.67 Å². The van der Waals surface area contributed by atoms with Gasteiger partial charge in [-0.2, -0.15) is 0 Å². The molecule has 2 aromatic rings. The van der Waals surface area contributed by atoms with Crippen molar-refractivity contribution in [2.75, 3.05) is 0 Å². The van der Waals surface area contributed by atoms with Crippen molar-refractivity contribution in [1.29, 1.82) is 0 Å². The van der Waals surface area contributed by atoms with Crippen LogP contribution in [-0.2, 0) is 13.0 Å². The highest BCUT2D eigenvalue weighted by Crippen LogP contribution is 2.12. The van der Waals surface area contributed by atoms with E-state index in [-0.39, 0.29) is 11.1 Å². The number of carbonyl (C=O) groups is 1. The molecule has 0 radical (unpaired) electrons. The van der Waals surface area contributed by atoms with Crippen molar-refractivity contribution in [3.63, 3.8) is 0 Å². The second-order valence-electron chi connectivity index (χ2n) is 5.17. The molecule has 0 fully saturated rings. The Morgan fingerprint density at radius 1 is 1.19 bits per heavy atom. The highest BCUT2D eigenvalue weighted by Gasteiger charge is 2.15. The molecule has 1 N–H and O–H groups in total. The van der Waals surface area contributed by atoms with E-state index in [0.29, 0.717) is 17.8 Å². The van der Waals surface area contributed by atoms with Crippen LogP contribution in [0, 0.1) is 13.8 Å². The number of aromatic nitrogens is 1. The van der Waals surface area contributed by atoms with Gasteiger partial charge >= 0.3 is 5.97 Å². The molecule has 21 heavy (non-hydrogen) atoms. The Morgan fingerprint density at radius 3 is 2.48 bits per heavy atom. The fraction of sp³-hybridized carbons (Fsp3) is 0.294. The Balaban J connectivity index is 2.19. The zero-order valence-corrected chi connectivity index (χ0v) is 12.3. The number of aromatic carboxylic acids is 1. The summed E-state index contributed by atoms with van der Waals surface area (Å²) in [4.78, 5) is 23.3. The third kappa shape index (κ3) is 3.40. The predicted molar refractivity (Wildman–Crippen MR) is 81.9 cm³/mol. The minimum absolute atomic E-state index is 0.136. The van der Waals surface area contributed by atoms with Crippen LogP contribution in [0.5, 0.6) is 0 Å². The van der Waals surface area contributed by atoms with E-state index in [1.165, 1.54) is 11.6 Å². The summed E-state index contributed by atoms with van der Waals surface area (Å²) in [5, 5.41) is 9.25. The summed E-state index contributed by atoms with van der Waals surface area (Å²) in [6.45, 7) is 3.88. The van der Waals surface area contributed by atoms with E-state index in [1.807, 2.05) is 30.3 Å². The van der Waals surface area contributed by atoms with E-state index in [1.54, 1.807) is 18.4 Å². The van der Waals surface area contributed by atoms with E-state index >= 15 is 0 Å². The number of hydrogen-bond donors (Lipinski definition) is 1. The van der Waals surface area contributed by atoms with Crippen LogP contribution in [0.15, 0.2) is 41.2 Å². The normalized spacial score (nSPS) is 10.6. The molecule has 2 rings (SSSR count). The number of pyridine rings is 1. The van der Waals surface area contributed by atoms with Crippen LogP contribution in [0.25, 0.3) is 0 Å². The number of rotatable bonds is 5. The van der Waals surface area contributed by atoms with Gasteiger partial charge in [0, 0.05) is 18.3 Å². The van der Waals surface area contributed by atoms with Crippen molar-refractivity contribution in [2.45, 2.75) is 33.2 Å². The minimum Gasteiger partial charge on any atom is -0.478 e. The maximum atomic E-state index is 12.0. The van der Waals surface area contributed by atoms with Crippen molar-refractivity contribution < 1.29 is 9.90 Å². The van der Waals surface area contributed by atoms with E-state index in [2.05, 4.69) is 0 Å². The maximum absolute atomic E-state index is 12.0. The average Bonchev–Trinajstić information content (AvgIpc) is 2.42. The number of benzene rings is 1. The molecular weight excluding hydrogens is 266 g/mol. The van der Waals surface area contributed by atoms with Gasteiger partial charge in [0.2, 0.25) is 0 Å². The summed E-state index contributed by atoms with van der Waals surface area (Å²) >= 11 is 0. The van der Waals surface area contributed by atoms with Crippen LogP contribution >= 0.6 is 0 Å². The number of carboxylic acid groups (broad SMARTS) is 1. The molecule has 0 aliphatic heterocycles. The summed E-state index contributed by atoms with van der Waals surface area (Å²) in [7, 11) is 0. The van der Waals surface area contributed by atoms with E-state index < -0.39 is 5.97 Å². The summed E-state index contributed by atoms with van der Waals surface area (Å²) in [5.41, 5.74) is 2.36. The van der Waals surface area contributed by atoms with Crippen molar-refractivity contribution in [1.82, 2.24) is 4.57 Å². The standard InChI is InChI=1S/C17H19NO3/c1-12-11-15(19)18(13(2)16(12)17(20)21)10-6-9-14-7-4-3-5-8-14/h3-5,7-8,11H,6,9-10H2,1-2H3,(H,20,21). The smallest absolute Gasteiger partial charge is 0.337 e. The van der Waals surface area contributed by atoms with Gasteiger partial charge in [-0.1, -0.05) is 30.3 Å². The van der Waals surface area contributed by atoms with Crippen molar-refractivity contribution >= 4 is 5.97 Å². The third-order valence-corrected chi connectivity index (χ3v) is 3.67.